The first-order valence-corrected chi connectivity index (χ1v) is 5.75. The summed E-state index contributed by atoms with van der Waals surface area (Å²) in [6.07, 6.45) is 3.51. The zero-order chi connectivity index (χ0) is 10.5. The monoisotopic (exact) mass is 217 g/mol. The molecule has 76 valence electrons. The summed E-state index contributed by atoms with van der Waals surface area (Å²) in [4.78, 5) is 3.97. The number of aromatic nitrogens is 3. The second-order valence-electron chi connectivity index (χ2n) is 2.93. The predicted molar refractivity (Wildman–Crippen MR) is 61.7 cm³/mol. The molecule has 2 heterocycles. The Hall–Kier alpha value is -1.42. The molecule has 0 radical (unpaired) electrons. The molecule has 0 unspecified atom stereocenters. The fourth-order valence-electron chi connectivity index (χ4n) is 1.22. The highest BCUT2D eigenvalue weighted by Crippen LogP contribution is 2.18. The molecule has 0 bridgehead atoms. The Balaban J connectivity index is 2.24. The van der Waals surface area contributed by atoms with Crippen LogP contribution < -0.4 is 0 Å². The Bertz CT molecular complexity index is 414. The van der Waals surface area contributed by atoms with Gasteiger partial charge in [0.2, 0.25) is 0 Å². The van der Waals surface area contributed by atoms with Crippen LogP contribution in [0.4, 0.5) is 0 Å². The van der Waals surface area contributed by atoms with E-state index in [0.717, 1.165) is 22.0 Å². The molecule has 0 aliphatic heterocycles. The lowest BCUT2D eigenvalue weighted by atomic mass is 10.2. The molecule has 0 saturated carbocycles. The van der Waals surface area contributed by atoms with Crippen molar-refractivity contribution in [2.24, 2.45) is 0 Å². The third-order valence-corrected chi connectivity index (χ3v) is 2.71. The molecular weight excluding hydrogens is 206 g/mol. The van der Waals surface area contributed by atoms with Crippen molar-refractivity contribution >= 4 is 11.8 Å². The zero-order valence-electron chi connectivity index (χ0n) is 8.42. The third-order valence-electron chi connectivity index (χ3n) is 1.91. The minimum atomic E-state index is 0.887. The van der Waals surface area contributed by atoms with E-state index in [1.54, 1.807) is 24.2 Å². The molecule has 3 nitrogen and oxygen atoms in total. The molecule has 2 aromatic rings. The van der Waals surface area contributed by atoms with Crippen LogP contribution >= 0.6 is 11.8 Å². The molecule has 2 aromatic heterocycles. The second-order valence-corrected chi connectivity index (χ2v) is 4.21. The molecule has 0 fully saturated rings. The molecule has 2 rings (SSSR count). The van der Waals surface area contributed by atoms with Crippen molar-refractivity contribution in [1.82, 2.24) is 15.2 Å². The van der Waals surface area contributed by atoms with Gasteiger partial charge in [-0.25, -0.2) is 0 Å². The standard InChI is InChI=1S/C11H11N3S/c1-2-15-11-4-3-10(13-14-11)9-5-7-12-8-6-9/h3-8H,2H2,1H3. The lowest BCUT2D eigenvalue weighted by Gasteiger charge is -2.00. The van der Waals surface area contributed by atoms with Crippen LogP contribution in [0.3, 0.4) is 0 Å². The van der Waals surface area contributed by atoms with Crippen molar-refractivity contribution in [2.45, 2.75) is 11.9 Å². The summed E-state index contributed by atoms with van der Waals surface area (Å²) in [6.45, 7) is 2.10. The summed E-state index contributed by atoms with van der Waals surface area (Å²) in [5.41, 5.74) is 1.93. The van der Waals surface area contributed by atoms with E-state index >= 15 is 0 Å². The van der Waals surface area contributed by atoms with Crippen molar-refractivity contribution in [1.29, 1.82) is 0 Å². The van der Waals surface area contributed by atoms with Crippen LogP contribution in [0.25, 0.3) is 11.3 Å². The van der Waals surface area contributed by atoms with Crippen LogP contribution in [0.5, 0.6) is 0 Å². The fourth-order valence-corrected chi connectivity index (χ4v) is 1.78. The SMILES string of the molecule is CCSc1ccc(-c2ccncc2)nn1. The van der Waals surface area contributed by atoms with Crippen molar-refractivity contribution in [3.8, 4) is 11.3 Å². The molecule has 15 heavy (non-hydrogen) atoms. The van der Waals surface area contributed by atoms with Crippen LogP contribution in [0, 0.1) is 0 Å². The van der Waals surface area contributed by atoms with Gasteiger partial charge in [-0.1, -0.05) is 6.92 Å². The molecule has 4 heteroatoms. The van der Waals surface area contributed by atoms with E-state index in [1.165, 1.54) is 0 Å². The molecule has 0 amide bonds. The van der Waals surface area contributed by atoms with Crippen LogP contribution in [0.1, 0.15) is 6.92 Å². The van der Waals surface area contributed by atoms with E-state index in [1.807, 2.05) is 24.3 Å². The van der Waals surface area contributed by atoms with Gasteiger partial charge < -0.3 is 0 Å². The number of hydrogen-bond donors (Lipinski definition) is 0. The Labute approximate surface area is 93.0 Å². The fraction of sp³-hybridized carbons (Fsp3) is 0.182. The van der Waals surface area contributed by atoms with Crippen LogP contribution in [-0.4, -0.2) is 20.9 Å². The first-order valence-electron chi connectivity index (χ1n) is 4.77. The Kier molecular flexibility index (Phi) is 3.29. The van der Waals surface area contributed by atoms with Gasteiger partial charge in [0.25, 0.3) is 0 Å². The lowest BCUT2D eigenvalue weighted by molar-refractivity contribution is 0.936. The van der Waals surface area contributed by atoms with Crippen LogP contribution in [0.2, 0.25) is 0 Å². The predicted octanol–water partition coefficient (Wildman–Crippen LogP) is 2.65. The van der Waals surface area contributed by atoms with Gasteiger partial charge in [0, 0.05) is 18.0 Å². The van der Waals surface area contributed by atoms with Gasteiger partial charge >= 0.3 is 0 Å². The minimum Gasteiger partial charge on any atom is -0.265 e. The van der Waals surface area contributed by atoms with E-state index in [4.69, 9.17) is 0 Å². The first-order chi connectivity index (χ1) is 7.40. The van der Waals surface area contributed by atoms with Gasteiger partial charge in [-0.15, -0.1) is 22.0 Å². The Morgan fingerprint density at radius 2 is 1.87 bits per heavy atom. The van der Waals surface area contributed by atoms with Gasteiger partial charge in [-0.05, 0) is 30.0 Å². The van der Waals surface area contributed by atoms with E-state index in [-0.39, 0.29) is 0 Å². The maximum absolute atomic E-state index is 4.17. The molecule has 0 aliphatic rings. The molecule has 0 aromatic carbocycles. The van der Waals surface area contributed by atoms with Gasteiger partial charge in [0.05, 0.1) is 5.69 Å². The quantitative estimate of drug-likeness (QED) is 0.741. The average Bonchev–Trinajstić information content (AvgIpc) is 2.32. The normalized spacial score (nSPS) is 10.2. The molecule has 0 spiro atoms. The number of nitrogens with zero attached hydrogens (tertiary/aromatic N) is 3. The topological polar surface area (TPSA) is 38.7 Å². The second kappa shape index (κ2) is 4.89. The maximum Gasteiger partial charge on any atom is 0.119 e. The summed E-state index contributed by atoms with van der Waals surface area (Å²) in [5, 5.41) is 9.27. The van der Waals surface area contributed by atoms with Crippen LogP contribution in [0.15, 0.2) is 41.7 Å². The maximum atomic E-state index is 4.17. The number of rotatable bonds is 3. The Morgan fingerprint density at radius 3 is 2.47 bits per heavy atom. The van der Waals surface area contributed by atoms with Crippen LogP contribution in [-0.2, 0) is 0 Å². The summed E-state index contributed by atoms with van der Waals surface area (Å²) in [5.74, 6) is 1.02. The first kappa shape index (κ1) is 10.1. The molecule has 0 N–H and O–H groups in total. The van der Waals surface area contributed by atoms with E-state index in [2.05, 4.69) is 22.1 Å². The third kappa shape index (κ3) is 2.53. The number of hydrogen-bond acceptors (Lipinski definition) is 4. The van der Waals surface area contributed by atoms with E-state index in [9.17, 15) is 0 Å². The van der Waals surface area contributed by atoms with E-state index in [0.29, 0.717) is 0 Å². The van der Waals surface area contributed by atoms with Gasteiger partial charge in [-0.2, -0.15) is 0 Å². The van der Waals surface area contributed by atoms with Crippen molar-refractivity contribution in [3.63, 3.8) is 0 Å². The van der Waals surface area contributed by atoms with Crippen molar-refractivity contribution in [2.75, 3.05) is 5.75 Å². The Morgan fingerprint density at radius 1 is 1.07 bits per heavy atom. The van der Waals surface area contributed by atoms with Gasteiger partial charge in [-0.3, -0.25) is 4.98 Å². The van der Waals surface area contributed by atoms with Crippen molar-refractivity contribution in [3.05, 3.63) is 36.7 Å². The molecule has 0 atom stereocenters. The highest BCUT2D eigenvalue weighted by atomic mass is 32.2. The van der Waals surface area contributed by atoms with E-state index < -0.39 is 0 Å². The largest absolute Gasteiger partial charge is 0.265 e. The summed E-state index contributed by atoms with van der Waals surface area (Å²) in [6, 6.07) is 7.84. The van der Waals surface area contributed by atoms with Crippen molar-refractivity contribution < 1.29 is 0 Å². The molecule has 0 saturated heterocycles. The summed E-state index contributed by atoms with van der Waals surface area (Å²) >= 11 is 1.69. The minimum absolute atomic E-state index is 0.887. The summed E-state index contributed by atoms with van der Waals surface area (Å²) in [7, 11) is 0. The zero-order valence-corrected chi connectivity index (χ0v) is 9.24. The molecule has 0 aliphatic carbocycles. The summed E-state index contributed by atoms with van der Waals surface area (Å²) < 4.78 is 0. The molecular formula is C11H11N3S. The van der Waals surface area contributed by atoms with Gasteiger partial charge in [0.1, 0.15) is 5.03 Å². The highest BCUT2D eigenvalue weighted by Gasteiger charge is 1.99. The highest BCUT2D eigenvalue weighted by molar-refractivity contribution is 7.99. The average molecular weight is 217 g/mol. The smallest absolute Gasteiger partial charge is 0.119 e. The number of thioether (sulfide) groups is 1. The number of pyridine rings is 1. The lowest BCUT2D eigenvalue weighted by Crippen LogP contribution is -1.89. The van der Waals surface area contributed by atoms with Gasteiger partial charge in [0.15, 0.2) is 0 Å².